The first kappa shape index (κ1) is 19.2. The molecule has 29 heavy (non-hydrogen) atoms. The maximum absolute atomic E-state index is 12.9. The quantitative estimate of drug-likeness (QED) is 0.555. The van der Waals surface area contributed by atoms with Crippen molar-refractivity contribution in [2.45, 2.75) is 13.0 Å². The Morgan fingerprint density at radius 1 is 1.10 bits per heavy atom. The minimum Gasteiger partial charge on any atom is -0.422 e. The van der Waals surface area contributed by atoms with Crippen molar-refractivity contribution in [3.05, 3.63) is 75.1 Å². The second kappa shape index (κ2) is 7.38. The zero-order valence-electron chi connectivity index (χ0n) is 15.6. The van der Waals surface area contributed by atoms with E-state index in [2.05, 4.69) is 20.9 Å². The van der Waals surface area contributed by atoms with Gasteiger partial charge in [0.05, 0.1) is 11.7 Å². The van der Waals surface area contributed by atoms with Crippen LogP contribution in [0, 0.1) is 0 Å². The highest BCUT2D eigenvalue weighted by Gasteiger charge is 2.40. The van der Waals surface area contributed by atoms with Crippen LogP contribution in [0.4, 0.5) is 5.69 Å². The van der Waals surface area contributed by atoms with Gasteiger partial charge in [-0.25, -0.2) is 19.8 Å². The predicted octanol–water partition coefficient (Wildman–Crippen LogP) is 3.42. The lowest BCUT2D eigenvalue weighted by Gasteiger charge is -2.25. The van der Waals surface area contributed by atoms with E-state index < -0.39 is 23.5 Å². The molecule has 1 aliphatic rings. The smallest absolute Gasteiger partial charge is 0.349 e. The zero-order valence-corrected chi connectivity index (χ0v) is 17.2. The van der Waals surface area contributed by atoms with Gasteiger partial charge >= 0.3 is 5.63 Å². The number of nitrogens with zero attached hydrogens (tertiary/aromatic N) is 3. The number of halogens is 1. The Kier molecular flexibility index (Phi) is 4.89. The summed E-state index contributed by atoms with van der Waals surface area (Å²) in [7, 11) is 1.74. The van der Waals surface area contributed by atoms with E-state index in [1.165, 1.54) is 11.1 Å². The molecule has 0 N–H and O–H groups in total. The molecule has 1 fully saturated rings. The maximum atomic E-state index is 12.9. The Hall–Kier alpha value is -3.10. The molecular formula is C21H16BrN3O4. The minimum atomic E-state index is -0.806. The third-order valence-corrected chi connectivity index (χ3v) is 5.32. The summed E-state index contributed by atoms with van der Waals surface area (Å²) in [5.41, 5.74) is 0.0850. The lowest BCUT2D eigenvalue weighted by molar-refractivity contribution is -0.113. The van der Waals surface area contributed by atoms with E-state index in [1.54, 1.807) is 49.3 Å². The predicted molar refractivity (Wildman–Crippen MR) is 113 cm³/mol. The number of anilines is 1. The molecule has 2 amide bonds. The summed E-state index contributed by atoms with van der Waals surface area (Å²) in [6.45, 7) is 1.77. The normalized spacial score (nSPS) is 18.7. The summed E-state index contributed by atoms with van der Waals surface area (Å²) in [4.78, 5) is 41.9. The molecule has 0 radical (unpaired) electrons. The number of carbonyl (C=O) groups excluding carboxylic acids is 2. The van der Waals surface area contributed by atoms with Crippen molar-refractivity contribution < 1.29 is 14.0 Å². The Morgan fingerprint density at radius 3 is 2.55 bits per heavy atom. The highest BCUT2D eigenvalue weighted by Crippen LogP contribution is 2.25. The number of benzene rings is 2. The first-order valence-corrected chi connectivity index (χ1v) is 9.64. The highest BCUT2D eigenvalue weighted by atomic mass is 79.9. The van der Waals surface area contributed by atoms with Crippen molar-refractivity contribution in [2.75, 3.05) is 12.1 Å². The Labute approximate surface area is 174 Å². The average Bonchev–Trinajstić information content (AvgIpc) is 2.91. The molecule has 0 saturated carbocycles. The maximum Gasteiger partial charge on any atom is 0.349 e. The number of para-hydroxylation sites is 1. The molecule has 3 aromatic rings. The van der Waals surface area contributed by atoms with Gasteiger partial charge in [-0.05, 0) is 43.3 Å². The second-order valence-corrected chi connectivity index (χ2v) is 7.55. The van der Waals surface area contributed by atoms with Gasteiger partial charge < -0.3 is 4.42 Å². The van der Waals surface area contributed by atoms with Crippen LogP contribution in [0.1, 0.15) is 17.3 Å². The number of hydrazine groups is 1. The lowest BCUT2D eigenvalue weighted by atomic mass is 10.1. The van der Waals surface area contributed by atoms with E-state index in [0.29, 0.717) is 16.7 Å². The number of amides is 2. The molecule has 0 aliphatic carbocycles. The van der Waals surface area contributed by atoms with Crippen LogP contribution < -0.4 is 10.6 Å². The van der Waals surface area contributed by atoms with Crippen molar-refractivity contribution in [1.82, 2.24) is 5.01 Å². The minimum absolute atomic E-state index is 0.0649. The lowest BCUT2D eigenvalue weighted by Crippen LogP contribution is -2.38. The summed E-state index contributed by atoms with van der Waals surface area (Å²) < 4.78 is 6.01. The molecule has 1 aliphatic heterocycles. The van der Waals surface area contributed by atoms with Crippen LogP contribution in [0.5, 0.6) is 0 Å². The Morgan fingerprint density at radius 2 is 1.83 bits per heavy atom. The van der Waals surface area contributed by atoms with Crippen molar-refractivity contribution in [1.29, 1.82) is 0 Å². The number of aliphatic imine (C=N–C) groups is 1. The fourth-order valence-corrected chi connectivity index (χ4v) is 3.58. The summed E-state index contributed by atoms with van der Waals surface area (Å²) >= 11 is 3.35. The molecule has 146 valence electrons. The first-order chi connectivity index (χ1) is 13.9. The second-order valence-electron chi connectivity index (χ2n) is 6.63. The third kappa shape index (κ3) is 3.41. The first-order valence-electron chi connectivity index (χ1n) is 8.85. The number of rotatable bonds is 2. The number of carbonyl (C=O) groups is 2. The molecule has 1 atom stereocenters. The molecule has 2 aromatic carbocycles. The van der Waals surface area contributed by atoms with E-state index in [1.807, 2.05) is 18.2 Å². The third-order valence-electron chi connectivity index (χ3n) is 4.83. The highest BCUT2D eigenvalue weighted by molar-refractivity contribution is 9.10. The topological polar surface area (TPSA) is 83.2 Å². The van der Waals surface area contributed by atoms with Gasteiger partial charge in [0.25, 0.3) is 11.8 Å². The van der Waals surface area contributed by atoms with E-state index in [9.17, 15) is 14.4 Å². The average molecular weight is 454 g/mol. The number of hydrogen-bond acceptors (Lipinski definition) is 5. The molecule has 1 aromatic heterocycles. The molecule has 7 nitrogen and oxygen atoms in total. The van der Waals surface area contributed by atoms with Crippen LogP contribution in [0.3, 0.4) is 0 Å². The van der Waals surface area contributed by atoms with Gasteiger partial charge in [-0.1, -0.05) is 34.1 Å². The van der Waals surface area contributed by atoms with Gasteiger partial charge in [0, 0.05) is 16.9 Å². The van der Waals surface area contributed by atoms with Crippen LogP contribution in [0.2, 0.25) is 0 Å². The molecule has 1 saturated heterocycles. The van der Waals surface area contributed by atoms with Crippen molar-refractivity contribution in [3.8, 4) is 0 Å². The van der Waals surface area contributed by atoms with E-state index in [-0.39, 0.29) is 11.3 Å². The SMILES string of the molecule is CC1C(=NC(=O)c2cc3cc(Br)ccc3oc2=O)C(=O)N(c2ccccc2)N1C. The largest absolute Gasteiger partial charge is 0.422 e. The molecule has 1 unspecified atom stereocenters. The molecule has 4 rings (SSSR count). The fourth-order valence-electron chi connectivity index (χ4n) is 3.20. The number of fused-ring (bicyclic) bond motifs is 1. The van der Waals surface area contributed by atoms with Crippen LogP contribution in [-0.4, -0.2) is 35.6 Å². The van der Waals surface area contributed by atoms with Gasteiger partial charge in [-0.15, -0.1) is 0 Å². The van der Waals surface area contributed by atoms with Crippen LogP contribution in [0.25, 0.3) is 11.0 Å². The molecule has 8 heteroatoms. The van der Waals surface area contributed by atoms with Crippen LogP contribution in [-0.2, 0) is 4.79 Å². The van der Waals surface area contributed by atoms with Crippen LogP contribution >= 0.6 is 15.9 Å². The van der Waals surface area contributed by atoms with Gasteiger partial charge in [-0.2, -0.15) is 0 Å². The summed E-state index contributed by atoms with van der Waals surface area (Å²) in [5.74, 6) is -1.22. The van der Waals surface area contributed by atoms with E-state index >= 15 is 0 Å². The standard InChI is InChI=1S/C21H16BrN3O4/c1-12-18(20(27)25(24(12)2)15-6-4-3-5-7-15)23-19(26)16-11-13-10-14(22)8-9-17(13)29-21(16)28/h3-12H,1-2H3. The van der Waals surface area contributed by atoms with Crippen molar-refractivity contribution in [2.24, 2.45) is 4.99 Å². The van der Waals surface area contributed by atoms with Gasteiger partial charge in [-0.3, -0.25) is 9.59 Å². The summed E-state index contributed by atoms with van der Waals surface area (Å²) in [6.07, 6.45) is 0. The summed E-state index contributed by atoms with van der Waals surface area (Å²) in [5, 5.41) is 3.73. The van der Waals surface area contributed by atoms with E-state index in [4.69, 9.17) is 4.42 Å². The van der Waals surface area contributed by atoms with Gasteiger partial charge in [0.1, 0.15) is 16.9 Å². The van der Waals surface area contributed by atoms with Gasteiger partial charge in [0.2, 0.25) is 0 Å². The number of hydrogen-bond donors (Lipinski definition) is 0. The van der Waals surface area contributed by atoms with Crippen molar-refractivity contribution >= 4 is 50.1 Å². The van der Waals surface area contributed by atoms with Gasteiger partial charge in [0.15, 0.2) is 0 Å². The summed E-state index contributed by atoms with van der Waals surface area (Å²) in [6, 6.07) is 15.2. The fraction of sp³-hybridized carbons (Fsp3) is 0.143. The molecule has 0 spiro atoms. The Balaban J connectivity index is 1.73. The van der Waals surface area contributed by atoms with Crippen LogP contribution in [0.15, 0.2) is 73.3 Å². The molecule has 2 heterocycles. The zero-order chi connectivity index (χ0) is 20.7. The molecular weight excluding hydrogens is 438 g/mol. The molecule has 0 bridgehead atoms. The van der Waals surface area contributed by atoms with E-state index in [0.717, 1.165) is 4.47 Å². The van der Waals surface area contributed by atoms with Crippen molar-refractivity contribution in [3.63, 3.8) is 0 Å². The Bertz CT molecular complexity index is 1220. The monoisotopic (exact) mass is 453 g/mol.